The monoisotopic (exact) mass is 274 g/mol. The van der Waals surface area contributed by atoms with Gasteiger partial charge in [0.25, 0.3) is 5.91 Å². The molecule has 0 bridgehead atoms. The number of rotatable bonds is 3. The van der Waals surface area contributed by atoms with E-state index in [2.05, 4.69) is 5.32 Å². The van der Waals surface area contributed by atoms with E-state index in [0.29, 0.717) is 0 Å². The number of amides is 5. The number of hydrogen-bond acceptors (Lipinski definition) is 6. The van der Waals surface area contributed by atoms with Crippen LogP contribution in [0.4, 0.5) is 9.59 Å². The highest BCUT2D eigenvalue weighted by molar-refractivity contribution is 6.05. The van der Waals surface area contributed by atoms with Gasteiger partial charge in [0.05, 0.1) is 12.7 Å². The number of imide groups is 1. The van der Waals surface area contributed by atoms with Crippen LogP contribution in [0.5, 0.6) is 0 Å². The van der Waals surface area contributed by atoms with Crippen LogP contribution in [0.15, 0.2) is 0 Å². The molecule has 0 aliphatic carbocycles. The van der Waals surface area contributed by atoms with Crippen molar-refractivity contribution in [1.82, 2.24) is 15.5 Å². The summed E-state index contributed by atoms with van der Waals surface area (Å²) in [6, 6.07) is -1.74. The molecule has 6 N–H and O–H groups in total. The molecular weight excluding hydrogens is 260 g/mol. The van der Waals surface area contributed by atoms with E-state index in [0.717, 1.165) is 4.90 Å². The number of aliphatic hydroxyl groups excluding tert-OH is 2. The van der Waals surface area contributed by atoms with Crippen LogP contribution in [0.1, 0.15) is 6.42 Å². The second kappa shape index (κ2) is 4.99. The van der Waals surface area contributed by atoms with Crippen molar-refractivity contribution >= 4 is 18.0 Å². The van der Waals surface area contributed by atoms with Gasteiger partial charge in [-0.05, 0) is 0 Å². The van der Waals surface area contributed by atoms with Crippen LogP contribution in [-0.4, -0.2) is 64.3 Å². The highest BCUT2D eigenvalue weighted by Crippen LogP contribution is 2.26. The summed E-state index contributed by atoms with van der Waals surface area (Å²) in [6.07, 6.45) is -4.02. The number of primary amides is 1. The zero-order valence-corrected chi connectivity index (χ0v) is 9.78. The molecule has 0 radical (unpaired) electrons. The molecule has 2 aliphatic heterocycles. The van der Waals surface area contributed by atoms with Crippen molar-refractivity contribution in [2.45, 2.75) is 31.0 Å². The fourth-order valence-corrected chi connectivity index (χ4v) is 2.10. The summed E-state index contributed by atoms with van der Waals surface area (Å²) in [4.78, 5) is 34.9. The summed E-state index contributed by atoms with van der Waals surface area (Å²) in [5, 5.41) is 22.7. The number of urea groups is 2. The topological polar surface area (TPSA) is 154 Å². The van der Waals surface area contributed by atoms with Crippen molar-refractivity contribution in [3.8, 4) is 0 Å². The van der Waals surface area contributed by atoms with Gasteiger partial charge in [0.1, 0.15) is 12.3 Å². The maximum atomic E-state index is 11.6. The number of carbonyl (C=O) groups is 3. The molecule has 2 fully saturated rings. The molecule has 2 aliphatic rings. The molecule has 0 aromatic heterocycles. The Bertz CT molecular complexity index is 416. The second-order valence-corrected chi connectivity index (χ2v) is 4.23. The summed E-state index contributed by atoms with van der Waals surface area (Å²) in [6.45, 7) is -0.422. The predicted molar refractivity (Wildman–Crippen MR) is 58.3 cm³/mol. The van der Waals surface area contributed by atoms with Gasteiger partial charge in [-0.1, -0.05) is 0 Å². The minimum Gasteiger partial charge on any atom is -0.394 e. The SMILES string of the molecule is NC(=O)NC1C(=O)NC(=O)N1[C@H]1C[C@H](O)[C@@H](CO)O1. The molecule has 0 saturated carbocycles. The van der Waals surface area contributed by atoms with Crippen LogP contribution in [0, 0.1) is 0 Å². The van der Waals surface area contributed by atoms with Gasteiger partial charge in [0.2, 0.25) is 0 Å². The molecular formula is C9H14N4O6. The highest BCUT2D eigenvalue weighted by atomic mass is 16.5. The third kappa shape index (κ3) is 2.45. The molecule has 2 saturated heterocycles. The first-order valence-corrected chi connectivity index (χ1v) is 5.57. The Morgan fingerprint density at radius 1 is 1.58 bits per heavy atom. The summed E-state index contributed by atoms with van der Waals surface area (Å²) < 4.78 is 5.26. The molecule has 19 heavy (non-hydrogen) atoms. The number of aliphatic hydroxyl groups is 2. The fourth-order valence-electron chi connectivity index (χ4n) is 2.10. The fraction of sp³-hybridized carbons (Fsp3) is 0.667. The number of hydrogen-bond donors (Lipinski definition) is 5. The van der Waals surface area contributed by atoms with Gasteiger partial charge in [0, 0.05) is 6.42 Å². The lowest BCUT2D eigenvalue weighted by Crippen LogP contribution is -2.54. The smallest absolute Gasteiger partial charge is 0.328 e. The van der Waals surface area contributed by atoms with Gasteiger partial charge in [-0.15, -0.1) is 0 Å². The van der Waals surface area contributed by atoms with Crippen LogP contribution in [-0.2, 0) is 9.53 Å². The zero-order valence-electron chi connectivity index (χ0n) is 9.78. The Balaban J connectivity index is 2.14. The predicted octanol–water partition coefficient (Wildman–Crippen LogP) is -3.00. The van der Waals surface area contributed by atoms with Gasteiger partial charge in [-0.2, -0.15) is 0 Å². The lowest BCUT2D eigenvalue weighted by atomic mass is 10.2. The Kier molecular flexibility index (Phi) is 3.55. The summed E-state index contributed by atoms with van der Waals surface area (Å²) >= 11 is 0. The average molecular weight is 274 g/mol. The Hall–Kier alpha value is -1.91. The summed E-state index contributed by atoms with van der Waals surface area (Å²) in [5.74, 6) is -0.741. The third-order valence-corrected chi connectivity index (χ3v) is 2.96. The largest absolute Gasteiger partial charge is 0.394 e. The Labute approximate surface area is 107 Å². The van der Waals surface area contributed by atoms with E-state index in [9.17, 15) is 19.5 Å². The maximum absolute atomic E-state index is 11.6. The Morgan fingerprint density at radius 2 is 2.26 bits per heavy atom. The van der Waals surface area contributed by atoms with E-state index in [1.807, 2.05) is 5.32 Å². The molecule has 106 valence electrons. The second-order valence-electron chi connectivity index (χ2n) is 4.23. The third-order valence-electron chi connectivity index (χ3n) is 2.96. The lowest BCUT2D eigenvalue weighted by Gasteiger charge is -2.27. The van der Waals surface area contributed by atoms with Crippen LogP contribution in [0.25, 0.3) is 0 Å². The number of nitrogens with zero attached hydrogens (tertiary/aromatic N) is 1. The quantitative estimate of drug-likeness (QED) is 0.345. The van der Waals surface area contributed by atoms with Crippen molar-refractivity contribution in [2.75, 3.05) is 6.61 Å². The standard InChI is InChI=1S/C9H14N4O6/c10-8(17)11-6-7(16)12-9(18)13(6)5-1-3(15)4(2-14)19-5/h3-6,14-15H,1-2H2,(H3,10,11,17)(H,12,16,18)/t3-,4+,5+,6?/m0/s1. The van der Waals surface area contributed by atoms with Crippen molar-refractivity contribution in [3.63, 3.8) is 0 Å². The minimum atomic E-state index is -1.29. The Morgan fingerprint density at radius 3 is 2.79 bits per heavy atom. The van der Waals surface area contributed by atoms with Gasteiger partial charge < -0.3 is 26.0 Å². The van der Waals surface area contributed by atoms with Gasteiger partial charge in [-0.25, -0.2) is 9.59 Å². The first kappa shape index (κ1) is 13.5. The van der Waals surface area contributed by atoms with Crippen LogP contribution >= 0.6 is 0 Å². The molecule has 0 aromatic carbocycles. The molecule has 5 amide bonds. The number of nitrogens with two attached hydrogens (primary N) is 1. The number of carbonyl (C=O) groups excluding carboxylic acids is 3. The minimum absolute atomic E-state index is 0.0167. The molecule has 4 atom stereocenters. The molecule has 2 rings (SSSR count). The lowest BCUT2D eigenvalue weighted by molar-refractivity contribution is -0.125. The normalized spacial score (nSPS) is 34.5. The average Bonchev–Trinajstić information content (AvgIpc) is 2.80. The molecule has 0 aromatic rings. The van der Waals surface area contributed by atoms with Crippen molar-refractivity contribution in [3.05, 3.63) is 0 Å². The maximum Gasteiger partial charge on any atom is 0.328 e. The van der Waals surface area contributed by atoms with E-state index in [-0.39, 0.29) is 6.42 Å². The van der Waals surface area contributed by atoms with Crippen molar-refractivity contribution < 1.29 is 29.3 Å². The van der Waals surface area contributed by atoms with Crippen LogP contribution in [0.3, 0.4) is 0 Å². The van der Waals surface area contributed by atoms with E-state index >= 15 is 0 Å². The zero-order chi connectivity index (χ0) is 14.2. The van der Waals surface area contributed by atoms with Crippen LogP contribution in [0.2, 0.25) is 0 Å². The number of nitrogens with one attached hydrogen (secondary N) is 2. The first-order chi connectivity index (χ1) is 8.93. The molecule has 0 spiro atoms. The van der Waals surface area contributed by atoms with Gasteiger partial charge in [0.15, 0.2) is 6.17 Å². The van der Waals surface area contributed by atoms with E-state index in [1.165, 1.54) is 0 Å². The summed E-state index contributed by atoms with van der Waals surface area (Å²) in [7, 11) is 0. The van der Waals surface area contributed by atoms with Crippen molar-refractivity contribution in [2.24, 2.45) is 5.73 Å². The van der Waals surface area contributed by atoms with Crippen LogP contribution < -0.4 is 16.4 Å². The highest BCUT2D eigenvalue weighted by Gasteiger charge is 2.48. The van der Waals surface area contributed by atoms with Crippen molar-refractivity contribution in [1.29, 1.82) is 0 Å². The van der Waals surface area contributed by atoms with E-state index in [4.69, 9.17) is 15.6 Å². The first-order valence-electron chi connectivity index (χ1n) is 5.57. The molecule has 1 unspecified atom stereocenters. The van der Waals surface area contributed by atoms with E-state index < -0.39 is 49.2 Å². The molecule has 2 heterocycles. The molecule has 10 nitrogen and oxygen atoms in total. The van der Waals surface area contributed by atoms with E-state index in [1.54, 1.807) is 0 Å². The molecule has 10 heteroatoms. The summed E-state index contributed by atoms with van der Waals surface area (Å²) in [5.41, 5.74) is 4.92. The van der Waals surface area contributed by atoms with Gasteiger partial charge in [-0.3, -0.25) is 15.0 Å². The number of ether oxygens (including phenoxy) is 1. The van der Waals surface area contributed by atoms with Gasteiger partial charge >= 0.3 is 12.1 Å².